The van der Waals surface area contributed by atoms with E-state index in [2.05, 4.69) is 4.72 Å². The minimum Gasteiger partial charge on any atom is -0.381 e. The fraction of sp³-hybridized carbons (Fsp3) is 0.600. The highest BCUT2D eigenvalue weighted by Crippen LogP contribution is 2.21. The summed E-state index contributed by atoms with van der Waals surface area (Å²) in [5.41, 5.74) is 6.82. The van der Waals surface area contributed by atoms with E-state index in [1.165, 1.54) is 0 Å². The first kappa shape index (κ1) is 16.4. The monoisotopic (exact) mass is 312 g/mol. The second-order valence-corrected chi connectivity index (χ2v) is 7.33. The fourth-order valence-electron chi connectivity index (χ4n) is 2.50. The topological polar surface area (TPSA) is 81.4 Å². The van der Waals surface area contributed by atoms with E-state index in [-0.39, 0.29) is 22.9 Å². The van der Waals surface area contributed by atoms with Gasteiger partial charge in [0.25, 0.3) is 0 Å². The van der Waals surface area contributed by atoms with E-state index in [9.17, 15) is 8.42 Å². The summed E-state index contributed by atoms with van der Waals surface area (Å²) in [6, 6.07) is 6.59. The van der Waals surface area contributed by atoms with Crippen LogP contribution in [-0.2, 0) is 14.8 Å². The third-order valence-corrected chi connectivity index (χ3v) is 5.61. The second-order valence-electron chi connectivity index (χ2n) is 5.62. The summed E-state index contributed by atoms with van der Waals surface area (Å²) in [5, 5.41) is 0. The van der Waals surface area contributed by atoms with E-state index in [0.717, 1.165) is 18.4 Å². The Hall–Kier alpha value is -0.950. The summed E-state index contributed by atoms with van der Waals surface area (Å²) in [5.74, 6) is 0.237. The molecule has 0 saturated carbocycles. The van der Waals surface area contributed by atoms with Crippen molar-refractivity contribution in [2.45, 2.75) is 43.7 Å². The predicted octanol–water partition coefficient (Wildman–Crippen LogP) is 1.80. The van der Waals surface area contributed by atoms with Gasteiger partial charge in [-0.15, -0.1) is 0 Å². The van der Waals surface area contributed by atoms with Crippen molar-refractivity contribution in [2.75, 3.05) is 13.2 Å². The lowest BCUT2D eigenvalue weighted by molar-refractivity contribution is 0.180. The maximum atomic E-state index is 12.5. The molecule has 1 saturated heterocycles. The Morgan fingerprint density at radius 3 is 2.86 bits per heavy atom. The SMILES string of the molecule is CCC(N)c1cccc(S(=O)(=O)NC(C)C2CCOC2)c1. The van der Waals surface area contributed by atoms with Crippen molar-refractivity contribution in [3.63, 3.8) is 0 Å². The van der Waals surface area contributed by atoms with Crippen LogP contribution in [0.15, 0.2) is 29.2 Å². The number of ether oxygens (including phenoxy) is 1. The van der Waals surface area contributed by atoms with Gasteiger partial charge in [-0.05, 0) is 37.5 Å². The zero-order chi connectivity index (χ0) is 15.5. The summed E-state index contributed by atoms with van der Waals surface area (Å²) in [6.07, 6.45) is 1.66. The summed E-state index contributed by atoms with van der Waals surface area (Å²) in [4.78, 5) is 0.273. The molecule has 1 heterocycles. The molecule has 3 N–H and O–H groups in total. The summed E-state index contributed by atoms with van der Waals surface area (Å²) < 4.78 is 33.0. The van der Waals surface area contributed by atoms with Crippen LogP contribution >= 0.6 is 0 Å². The van der Waals surface area contributed by atoms with Gasteiger partial charge in [-0.1, -0.05) is 19.1 Å². The van der Waals surface area contributed by atoms with Gasteiger partial charge in [0.1, 0.15) is 0 Å². The highest BCUT2D eigenvalue weighted by Gasteiger charge is 2.27. The normalized spacial score (nSPS) is 22.1. The van der Waals surface area contributed by atoms with Crippen LogP contribution in [0.1, 0.15) is 38.3 Å². The fourth-order valence-corrected chi connectivity index (χ4v) is 3.87. The van der Waals surface area contributed by atoms with Crippen LogP contribution in [0.5, 0.6) is 0 Å². The Morgan fingerprint density at radius 2 is 2.24 bits per heavy atom. The van der Waals surface area contributed by atoms with Crippen LogP contribution in [0.2, 0.25) is 0 Å². The van der Waals surface area contributed by atoms with Crippen molar-refractivity contribution in [1.82, 2.24) is 4.72 Å². The van der Waals surface area contributed by atoms with Crippen molar-refractivity contribution in [1.29, 1.82) is 0 Å². The number of hydrogen-bond donors (Lipinski definition) is 2. The molecule has 5 nitrogen and oxygen atoms in total. The molecule has 1 aromatic carbocycles. The van der Waals surface area contributed by atoms with Gasteiger partial charge in [-0.3, -0.25) is 0 Å². The molecule has 118 valence electrons. The van der Waals surface area contributed by atoms with Gasteiger partial charge in [-0.25, -0.2) is 13.1 Å². The van der Waals surface area contributed by atoms with E-state index in [1.807, 2.05) is 19.9 Å². The number of sulfonamides is 1. The average Bonchev–Trinajstić information content (AvgIpc) is 3.00. The Balaban J connectivity index is 2.15. The Morgan fingerprint density at radius 1 is 1.48 bits per heavy atom. The van der Waals surface area contributed by atoms with Crippen LogP contribution < -0.4 is 10.5 Å². The van der Waals surface area contributed by atoms with E-state index in [0.29, 0.717) is 13.2 Å². The van der Waals surface area contributed by atoms with E-state index < -0.39 is 10.0 Å². The molecule has 0 radical (unpaired) electrons. The zero-order valence-electron chi connectivity index (χ0n) is 12.6. The van der Waals surface area contributed by atoms with E-state index in [4.69, 9.17) is 10.5 Å². The lowest BCUT2D eigenvalue weighted by atomic mass is 10.0. The molecular weight excluding hydrogens is 288 g/mol. The van der Waals surface area contributed by atoms with Crippen LogP contribution in [0, 0.1) is 5.92 Å². The van der Waals surface area contributed by atoms with Gasteiger partial charge in [0.15, 0.2) is 0 Å². The maximum Gasteiger partial charge on any atom is 0.240 e. The molecule has 6 heteroatoms. The van der Waals surface area contributed by atoms with Gasteiger partial charge in [0.05, 0.1) is 11.5 Å². The third-order valence-electron chi connectivity index (χ3n) is 4.05. The molecule has 0 aromatic heterocycles. The van der Waals surface area contributed by atoms with Crippen LogP contribution in [0.25, 0.3) is 0 Å². The quantitative estimate of drug-likeness (QED) is 0.839. The molecule has 1 fully saturated rings. The third kappa shape index (κ3) is 4.03. The van der Waals surface area contributed by atoms with Gasteiger partial charge >= 0.3 is 0 Å². The van der Waals surface area contributed by atoms with Crippen LogP contribution in [-0.4, -0.2) is 27.7 Å². The Kier molecular flexibility index (Phi) is 5.37. The minimum absolute atomic E-state index is 0.138. The van der Waals surface area contributed by atoms with Crippen LogP contribution in [0.4, 0.5) is 0 Å². The molecule has 0 spiro atoms. The van der Waals surface area contributed by atoms with Crippen molar-refractivity contribution in [2.24, 2.45) is 11.7 Å². The number of nitrogens with two attached hydrogens (primary N) is 1. The number of nitrogens with one attached hydrogen (secondary N) is 1. The number of benzene rings is 1. The first-order valence-corrected chi connectivity index (χ1v) is 8.88. The first-order valence-electron chi connectivity index (χ1n) is 7.39. The summed E-state index contributed by atoms with van der Waals surface area (Å²) >= 11 is 0. The standard InChI is InChI=1S/C15H24N2O3S/c1-3-15(16)12-5-4-6-14(9-12)21(18,19)17-11(2)13-7-8-20-10-13/h4-6,9,11,13,15,17H,3,7-8,10,16H2,1-2H3. The lowest BCUT2D eigenvalue weighted by Gasteiger charge is -2.19. The predicted molar refractivity (Wildman–Crippen MR) is 82.4 cm³/mol. The minimum atomic E-state index is -3.52. The van der Waals surface area contributed by atoms with Gasteiger partial charge in [-0.2, -0.15) is 0 Å². The smallest absolute Gasteiger partial charge is 0.240 e. The largest absolute Gasteiger partial charge is 0.381 e. The highest BCUT2D eigenvalue weighted by atomic mass is 32.2. The number of hydrogen-bond acceptors (Lipinski definition) is 4. The molecule has 1 aromatic rings. The molecule has 2 rings (SSSR count). The molecule has 0 bridgehead atoms. The van der Waals surface area contributed by atoms with Crippen molar-refractivity contribution >= 4 is 10.0 Å². The molecule has 0 amide bonds. The Bertz CT molecular complexity index is 568. The molecular formula is C15H24N2O3S. The van der Waals surface area contributed by atoms with Gasteiger partial charge in [0, 0.05) is 24.6 Å². The molecule has 1 aliphatic rings. The van der Waals surface area contributed by atoms with Crippen molar-refractivity contribution in [3.8, 4) is 0 Å². The van der Waals surface area contributed by atoms with Crippen LogP contribution in [0.3, 0.4) is 0 Å². The van der Waals surface area contributed by atoms with E-state index >= 15 is 0 Å². The van der Waals surface area contributed by atoms with Gasteiger partial charge in [0.2, 0.25) is 10.0 Å². The average molecular weight is 312 g/mol. The zero-order valence-corrected chi connectivity index (χ0v) is 13.4. The first-order chi connectivity index (χ1) is 9.94. The molecule has 3 atom stereocenters. The molecule has 21 heavy (non-hydrogen) atoms. The maximum absolute atomic E-state index is 12.5. The molecule has 3 unspecified atom stereocenters. The second kappa shape index (κ2) is 6.87. The number of rotatable bonds is 6. The van der Waals surface area contributed by atoms with E-state index in [1.54, 1.807) is 18.2 Å². The lowest BCUT2D eigenvalue weighted by Crippen LogP contribution is -2.38. The summed E-state index contributed by atoms with van der Waals surface area (Å²) in [6.45, 7) is 5.19. The molecule has 1 aliphatic heterocycles. The van der Waals surface area contributed by atoms with Crippen molar-refractivity contribution in [3.05, 3.63) is 29.8 Å². The van der Waals surface area contributed by atoms with Crippen molar-refractivity contribution < 1.29 is 13.2 Å². The highest BCUT2D eigenvalue weighted by molar-refractivity contribution is 7.89. The molecule has 0 aliphatic carbocycles. The van der Waals surface area contributed by atoms with Gasteiger partial charge < -0.3 is 10.5 Å². The summed E-state index contributed by atoms with van der Waals surface area (Å²) in [7, 11) is -3.52. The Labute approximate surface area is 126 Å².